The molecule has 8 heteroatoms. The predicted molar refractivity (Wildman–Crippen MR) is 127 cm³/mol. The number of nitrogens with one attached hydrogen (secondary N) is 1. The van der Waals surface area contributed by atoms with Crippen LogP contribution < -0.4 is 24.3 Å². The van der Waals surface area contributed by atoms with Crippen molar-refractivity contribution in [1.29, 1.82) is 5.26 Å². The average Bonchev–Trinajstić information content (AvgIpc) is 3.33. The number of halogens is 1. The Morgan fingerprint density at radius 1 is 1.12 bits per heavy atom. The Bertz CT molecular complexity index is 1280. The van der Waals surface area contributed by atoms with Gasteiger partial charge in [-0.1, -0.05) is 41.9 Å². The van der Waals surface area contributed by atoms with E-state index in [0.717, 1.165) is 11.1 Å². The minimum absolute atomic E-state index is 0.0347. The van der Waals surface area contributed by atoms with E-state index in [1.807, 2.05) is 30.3 Å². The fourth-order valence-electron chi connectivity index (χ4n) is 3.31. The molecule has 4 rings (SSSR count). The number of fused-ring (bicyclic) bond motifs is 1. The highest BCUT2D eigenvalue weighted by Crippen LogP contribution is 2.33. The number of rotatable bonds is 8. The molecule has 0 spiro atoms. The number of hydrogen-bond donors (Lipinski definition) is 1. The standard InChI is InChI=1S/C26H21ClN2O5/c1-31-24-11-17(6-8-22(24)32-15-19-4-2-3-5-21(19)27)10-20(13-28)26(30)29-14-18-7-9-23-25(12-18)34-16-33-23/h2-12H,14-16H2,1H3,(H,29,30)/b20-10+. The molecular weight excluding hydrogens is 456 g/mol. The van der Waals surface area contributed by atoms with Crippen molar-refractivity contribution in [1.82, 2.24) is 5.32 Å². The summed E-state index contributed by atoms with van der Waals surface area (Å²) in [6.45, 7) is 0.698. The molecule has 0 aromatic heterocycles. The first kappa shape index (κ1) is 23.0. The van der Waals surface area contributed by atoms with Crippen LogP contribution in [-0.4, -0.2) is 19.8 Å². The number of amides is 1. The van der Waals surface area contributed by atoms with Gasteiger partial charge in [-0.3, -0.25) is 4.79 Å². The molecule has 0 radical (unpaired) electrons. The molecule has 1 aliphatic rings. The number of carbonyl (C=O) groups is 1. The zero-order valence-corrected chi connectivity index (χ0v) is 19.1. The maximum Gasteiger partial charge on any atom is 0.262 e. The molecule has 172 valence electrons. The highest BCUT2D eigenvalue weighted by Gasteiger charge is 2.15. The lowest BCUT2D eigenvalue weighted by Crippen LogP contribution is -2.23. The summed E-state index contributed by atoms with van der Waals surface area (Å²) < 4.78 is 21.9. The SMILES string of the molecule is COc1cc(/C=C(\C#N)C(=O)NCc2ccc3c(c2)OCO3)ccc1OCc1ccccc1Cl. The summed E-state index contributed by atoms with van der Waals surface area (Å²) in [5.74, 6) is 1.80. The maximum atomic E-state index is 12.6. The van der Waals surface area contributed by atoms with Gasteiger partial charge < -0.3 is 24.3 Å². The van der Waals surface area contributed by atoms with Crippen molar-refractivity contribution >= 4 is 23.6 Å². The zero-order valence-electron chi connectivity index (χ0n) is 18.3. The molecule has 0 atom stereocenters. The Labute approximate surface area is 202 Å². The van der Waals surface area contributed by atoms with E-state index in [1.54, 1.807) is 36.4 Å². The molecule has 0 saturated heterocycles. The van der Waals surface area contributed by atoms with Crippen molar-refractivity contribution in [2.45, 2.75) is 13.2 Å². The Hall–Kier alpha value is -4.15. The summed E-state index contributed by atoms with van der Waals surface area (Å²) in [7, 11) is 1.52. The number of nitrogens with zero attached hydrogens (tertiary/aromatic N) is 1. The minimum Gasteiger partial charge on any atom is -0.493 e. The fourth-order valence-corrected chi connectivity index (χ4v) is 3.50. The summed E-state index contributed by atoms with van der Waals surface area (Å²) in [5.41, 5.74) is 2.27. The normalized spacial score (nSPS) is 12.1. The quantitative estimate of drug-likeness (QED) is 0.368. The lowest BCUT2D eigenvalue weighted by Gasteiger charge is -2.12. The van der Waals surface area contributed by atoms with E-state index in [0.29, 0.717) is 33.6 Å². The molecule has 0 aliphatic carbocycles. The molecule has 3 aromatic carbocycles. The molecule has 1 heterocycles. The molecule has 3 aromatic rings. The van der Waals surface area contributed by atoms with Crippen LogP contribution in [0.4, 0.5) is 0 Å². The summed E-state index contributed by atoms with van der Waals surface area (Å²) in [4.78, 5) is 12.6. The molecule has 7 nitrogen and oxygen atoms in total. The van der Waals surface area contributed by atoms with Crippen LogP contribution in [-0.2, 0) is 17.9 Å². The van der Waals surface area contributed by atoms with Gasteiger partial charge in [-0.25, -0.2) is 0 Å². The third kappa shape index (κ3) is 5.42. The first-order valence-electron chi connectivity index (χ1n) is 10.4. The number of carbonyl (C=O) groups excluding carboxylic acids is 1. The van der Waals surface area contributed by atoms with Gasteiger partial charge >= 0.3 is 0 Å². The van der Waals surface area contributed by atoms with Crippen molar-refractivity contribution < 1.29 is 23.7 Å². The molecule has 1 N–H and O–H groups in total. The molecule has 1 amide bonds. The summed E-state index contributed by atoms with van der Waals surface area (Å²) >= 11 is 6.18. The van der Waals surface area contributed by atoms with Gasteiger partial charge in [-0.05, 0) is 47.5 Å². The molecule has 0 fully saturated rings. The van der Waals surface area contributed by atoms with Gasteiger partial charge in [0.1, 0.15) is 18.2 Å². The topological polar surface area (TPSA) is 89.8 Å². The van der Waals surface area contributed by atoms with Gasteiger partial charge in [0, 0.05) is 17.1 Å². The molecule has 1 aliphatic heterocycles. The third-order valence-electron chi connectivity index (χ3n) is 5.09. The first-order chi connectivity index (χ1) is 16.6. The van der Waals surface area contributed by atoms with E-state index in [2.05, 4.69) is 5.32 Å². The third-order valence-corrected chi connectivity index (χ3v) is 5.46. The smallest absolute Gasteiger partial charge is 0.262 e. The van der Waals surface area contributed by atoms with Crippen molar-refractivity contribution in [2.24, 2.45) is 0 Å². The van der Waals surface area contributed by atoms with Crippen LogP contribution in [0.3, 0.4) is 0 Å². The van der Waals surface area contributed by atoms with Gasteiger partial charge in [0.15, 0.2) is 23.0 Å². The lowest BCUT2D eigenvalue weighted by molar-refractivity contribution is -0.117. The van der Waals surface area contributed by atoms with Gasteiger partial charge in [0.25, 0.3) is 5.91 Å². The van der Waals surface area contributed by atoms with E-state index < -0.39 is 5.91 Å². The Kier molecular flexibility index (Phi) is 7.21. The van der Waals surface area contributed by atoms with Gasteiger partial charge in [-0.2, -0.15) is 5.26 Å². The summed E-state index contributed by atoms with van der Waals surface area (Å²) in [6.07, 6.45) is 1.50. The van der Waals surface area contributed by atoms with E-state index in [4.69, 9.17) is 30.5 Å². The Balaban J connectivity index is 1.42. The molecule has 0 bridgehead atoms. The van der Waals surface area contributed by atoms with Crippen molar-refractivity contribution in [3.8, 4) is 29.1 Å². The van der Waals surface area contributed by atoms with Crippen LogP contribution in [0.25, 0.3) is 6.08 Å². The maximum absolute atomic E-state index is 12.6. The second-order valence-electron chi connectivity index (χ2n) is 7.33. The van der Waals surface area contributed by atoms with Crippen LogP contribution in [0.1, 0.15) is 16.7 Å². The molecule has 0 saturated carbocycles. The monoisotopic (exact) mass is 476 g/mol. The van der Waals surface area contributed by atoms with Crippen LogP contribution in [0, 0.1) is 11.3 Å². The van der Waals surface area contributed by atoms with E-state index in [1.165, 1.54) is 13.2 Å². The Morgan fingerprint density at radius 3 is 2.74 bits per heavy atom. The molecule has 34 heavy (non-hydrogen) atoms. The number of nitriles is 1. The average molecular weight is 477 g/mol. The number of hydrogen-bond acceptors (Lipinski definition) is 6. The second-order valence-corrected chi connectivity index (χ2v) is 7.74. The summed E-state index contributed by atoms with van der Waals surface area (Å²) in [5, 5.41) is 12.9. The van der Waals surface area contributed by atoms with E-state index in [-0.39, 0.29) is 25.5 Å². The van der Waals surface area contributed by atoms with E-state index in [9.17, 15) is 10.1 Å². The highest BCUT2D eigenvalue weighted by atomic mass is 35.5. The fraction of sp³-hybridized carbons (Fsp3) is 0.154. The van der Waals surface area contributed by atoms with Crippen molar-refractivity contribution in [3.05, 3.63) is 87.9 Å². The minimum atomic E-state index is -0.488. The highest BCUT2D eigenvalue weighted by molar-refractivity contribution is 6.31. The Morgan fingerprint density at radius 2 is 1.94 bits per heavy atom. The number of ether oxygens (including phenoxy) is 4. The zero-order chi connectivity index (χ0) is 23.9. The number of benzene rings is 3. The second kappa shape index (κ2) is 10.6. The molecular formula is C26H21ClN2O5. The van der Waals surface area contributed by atoms with Crippen molar-refractivity contribution in [3.63, 3.8) is 0 Å². The van der Waals surface area contributed by atoms with Crippen LogP contribution >= 0.6 is 11.6 Å². The number of methoxy groups -OCH3 is 1. The lowest BCUT2D eigenvalue weighted by atomic mass is 10.1. The summed E-state index contributed by atoms with van der Waals surface area (Å²) in [6, 6.07) is 19.9. The predicted octanol–water partition coefficient (Wildman–Crippen LogP) is 4.88. The largest absolute Gasteiger partial charge is 0.493 e. The van der Waals surface area contributed by atoms with Gasteiger partial charge in [0.05, 0.1) is 7.11 Å². The first-order valence-corrected chi connectivity index (χ1v) is 10.8. The van der Waals surface area contributed by atoms with Crippen LogP contribution in [0.5, 0.6) is 23.0 Å². The van der Waals surface area contributed by atoms with E-state index >= 15 is 0 Å². The van der Waals surface area contributed by atoms with Crippen LogP contribution in [0.2, 0.25) is 5.02 Å². The van der Waals surface area contributed by atoms with Crippen LogP contribution in [0.15, 0.2) is 66.2 Å². The van der Waals surface area contributed by atoms with Gasteiger partial charge in [-0.15, -0.1) is 0 Å². The van der Waals surface area contributed by atoms with Crippen molar-refractivity contribution in [2.75, 3.05) is 13.9 Å². The molecule has 0 unspecified atom stereocenters. The van der Waals surface area contributed by atoms with Gasteiger partial charge in [0.2, 0.25) is 6.79 Å².